The Kier molecular flexibility index (Phi) is 3.42. The summed E-state index contributed by atoms with van der Waals surface area (Å²) in [6.45, 7) is 6.12. The molecule has 0 aliphatic rings. The highest BCUT2D eigenvalue weighted by atomic mass is 16.3. The van der Waals surface area contributed by atoms with Crippen LogP contribution >= 0.6 is 0 Å². The lowest BCUT2D eigenvalue weighted by Gasteiger charge is -2.07. The van der Waals surface area contributed by atoms with Gasteiger partial charge < -0.3 is 9.73 Å². The van der Waals surface area contributed by atoms with Gasteiger partial charge >= 0.3 is 0 Å². The highest BCUT2D eigenvalue weighted by Crippen LogP contribution is 2.24. The highest BCUT2D eigenvalue weighted by molar-refractivity contribution is 5.62. The molecule has 16 heavy (non-hydrogen) atoms. The highest BCUT2D eigenvalue weighted by Gasteiger charge is 2.05. The van der Waals surface area contributed by atoms with Crippen molar-refractivity contribution in [3.05, 3.63) is 47.7 Å². The first-order valence-electron chi connectivity index (χ1n) is 5.65. The van der Waals surface area contributed by atoms with Gasteiger partial charge in [-0.15, -0.1) is 0 Å². The van der Waals surface area contributed by atoms with E-state index in [1.165, 1.54) is 16.7 Å². The standard InChI is InChI=1S/C14H17NO/c1-3-15-10-12-7-6-11(2)13(9-12)14-5-4-8-16-14/h4-9,15H,3,10H2,1-2H3. The first-order valence-corrected chi connectivity index (χ1v) is 5.65. The zero-order chi connectivity index (χ0) is 11.4. The van der Waals surface area contributed by atoms with Crippen molar-refractivity contribution < 1.29 is 4.42 Å². The minimum atomic E-state index is 0.907. The van der Waals surface area contributed by atoms with Gasteiger partial charge in [0.2, 0.25) is 0 Å². The van der Waals surface area contributed by atoms with Gasteiger partial charge in [0, 0.05) is 12.1 Å². The normalized spacial score (nSPS) is 10.6. The predicted molar refractivity (Wildman–Crippen MR) is 66.3 cm³/mol. The number of hydrogen-bond donors (Lipinski definition) is 1. The second-order valence-electron chi connectivity index (χ2n) is 3.91. The topological polar surface area (TPSA) is 25.2 Å². The summed E-state index contributed by atoms with van der Waals surface area (Å²) in [6, 6.07) is 10.4. The molecule has 0 aliphatic heterocycles. The van der Waals surface area contributed by atoms with E-state index in [9.17, 15) is 0 Å². The second-order valence-corrected chi connectivity index (χ2v) is 3.91. The first-order chi connectivity index (χ1) is 7.81. The van der Waals surface area contributed by atoms with E-state index in [4.69, 9.17) is 4.42 Å². The molecule has 2 rings (SSSR count). The van der Waals surface area contributed by atoms with Crippen LogP contribution in [0.1, 0.15) is 18.1 Å². The van der Waals surface area contributed by atoms with E-state index in [-0.39, 0.29) is 0 Å². The van der Waals surface area contributed by atoms with Crippen molar-refractivity contribution >= 4 is 0 Å². The molecule has 2 aromatic rings. The van der Waals surface area contributed by atoms with Crippen LogP contribution in [0.4, 0.5) is 0 Å². The Morgan fingerprint density at radius 3 is 2.81 bits per heavy atom. The molecule has 0 fully saturated rings. The third-order valence-corrected chi connectivity index (χ3v) is 2.67. The lowest BCUT2D eigenvalue weighted by molar-refractivity contribution is 0.581. The number of nitrogens with one attached hydrogen (secondary N) is 1. The van der Waals surface area contributed by atoms with Crippen LogP contribution in [0.25, 0.3) is 11.3 Å². The molecule has 0 bridgehead atoms. The molecular formula is C14H17NO. The summed E-state index contributed by atoms with van der Waals surface area (Å²) < 4.78 is 5.44. The molecule has 0 amide bonds. The number of rotatable bonds is 4. The zero-order valence-electron chi connectivity index (χ0n) is 9.79. The molecule has 84 valence electrons. The van der Waals surface area contributed by atoms with Gasteiger partial charge in [0.1, 0.15) is 5.76 Å². The Labute approximate surface area is 96.3 Å². The Morgan fingerprint density at radius 1 is 1.25 bits per heavy atom. The largest absolute Gasteiger partial charge is 0.464 e. The Balaban J connectivity index is 2.30. The smallest absolute Gasteiger partial charge is 0.134 e. The molecule has 0 atom stereocenters. The summed E-state index contributed by atoms with van der Waals surface area (Å²) in [6.07, 6.45) is 1.71. The average Bonchev–Trinajstić information content (AvgIpc) is 2.81. The van der Waals surface area contributed by atoms with Crippen molar-refractivity contribution in [3.8, 4) is 11.3 Å². The van der Waals surface area contributed by atoms with Crippen LogP contribution in [0.2, 0.25) is 0 Å². The third kappa shape index (κ3) is 2.34. The molecule has 0 saturated heterocycles. The quantitative estimate of drug-likeness (QED) is 0.846. The summed E-state index contributed by atoms with van der Waals surface area (Å²) in [5.74, 6) is 0.941. The van der Waals surface area contributed by atoms with E-state index in [1.807, 2.05) is 12.1 Å². The third-order valence-electron chi connectivity index (χ3n) is 2.67. The van der Waals surface area contributed by atoms with E-state index in [0.29, 0.717) is 0 Å². The summed E-state index contributed by atoms with van der Waals surface area (Å²) >= 11 is 0. The molecule has 2 heteroatoms. The van der Waals surface area contributed by atoms with Gasteiger partial charge in [-0.25, -0.2) is 0 Å². The Morgan fingerprint density at radius 2 is 2.12 bits per heavy atom. The average molecular weight is 215 g/mol. The van der Waals surface area contributed by atoms with E-state index >= 15 is 0 Å². The predicted octanol–water partition coefficient (Wildman–Crippen LogP) is 3.36. The van der Waals surface area contributed by atoms with Crippen molar-refractivity contribution in [3.63, 3.8) is 0 Å². The van der Waals surface area contributed by atoms with Gasteiger partial charge in [-0.1, -0.05) is 19.1 Å². The first kappa shape index (κ1) is 11.0. The van der Waals surface area contributed by atoms with E-state index in [0.717, 1.165) is 18.8 Å². The number of benzene rings is 1. The molecule has 0 unspecified atom stereocenters. The summed E-state index contributed by atoms with van der Waals surface area (Å²) in [7, 11) is 0. The van der Waals surface area contributed by atoms with Crippen molar-refractivity contribution in [2.45, 2.75) is 20.4 Å². The Hall–Kier alpha value is -1.54. The fraction of sp³-hybridized carbons (Fsp3) is 0.286. The monoisotopic (exact) mass is 215 g/mol. The maximum atomic E-state index is 5.44. The minimum Gasteiger partial charge on any atom is -0.464 e. The molecule has 0 spiro atoms. The summed E-state index contributed by atoms with van der Waals surface area (Å²) in [4.78, 5) is 0. The van der Waals surface area contributed by atoms with E-state index < -0.39 is 0 Å². The molecule has 0 saturated carbocycles. The van der Waals surface area contributed by atoms with Gasteiger partial charge in [-0.3, -0.25) is 0 Å². The fourth-order valence-corrected chi connectivity index (χ4v) is 1.75. The SMILES string of the molecule is CCNCc1ccc(C)c(-c2ccco2)c1. The van der Waals surface area contributed by atoms with Gasteiger partial charge in [0.25, 0.3) is 0 Å². The van der Waals surface area contributed by atoms with Crippen LogP contribution in [0.5, 0.6) is 0 Å². The number of aryl methyl sites for hydroxylation is 1. The Bertz CT molecular complexity index is 446. The number of hydrogen-bond acceptors (Lipinski definition) is 2. The maximum Gasteiger partial charge on any atom is 0.134 e. The van der Waals surface area contributed by atoms with Crippen LogP contribution < -0.4 is 5.32 Å². The number of furan rings is 1. The minimum absolute atomic E-state index is 0.907. The van der Waals surface area contributed by atoms with E-state index in [1.54, 1.807) is 6.26 Å². The van der Waals surface area contributed by atoms with E-state index in [2.05, 4.69) is 37.4 Å². The van der Waals surface area contributed by atoms with Crippen LogP contribution in [-0.4, -0.2) is 6.54 Å². The van der Waals surface area contributed by atoms with Crippen molar-refractivity contribution in [2.75, 3.05) is 6.54 Å². The van der Waals surface area contributed by atoms with Gasteiger partial charge in [-0.2, -0.15) is 0 Å². The molecule has 1 N–H and O–H groups in total. The summed E-state index contributed by atoms with van der Waals surface area (Å²) in [5, 5.41) is 3.33. The zero-order valence-corrected chi connectivity index (χ0v) is 9.79. The van der Waals surface area contributed by atoms with Crippen LogP contribution in [0, 0.1) is 6.92 Å². The van der Waals surface area contributed by atoms with Crippen LogP contribution in [-0.2, 0) is 6.54 Å². The van der Waals surface area contributed by atoms with Gasteiger partial charge in [0.05, 0.1) is 6.26 Å². The van der Waals surface area contributed by atoms with Gasteiger partial charge in [0.15, 0.2) is 0 Å². The fourth-order valence-electron chi connectivity index (χ4n) is 1.75. The second kappa shape index (κ2) is 4.99. The van der Waals surface area contributed by atoms with Crippen LogP contribution in [0.3, 0.4) is 0 Å². The molecule has 0 radical (unpaired) electrons. The molecule has 0 aliphatic carbocycles. The van der Waals surface area contributed by atoms with Crippen LogP contribution in [0.15, 0.2) is 41.0 Å². The summed E-state index contributed by atoms with van der Waals surface area (Å²) in [5.41, 5.74) is 3.72. The van der Waals surface area contributed by atoms with Crippen molar-refractivity contribution in [1.29, 1.82) is 0 Å². The van der Waals surface area contributed by atoms with Gasteiger partial charge in [-0.05, 0) is 42.8 Å². The molecule has 1 heterocycles. The maximum absolute atomic E-state index is 5.44. The molecular weight excluding hydrogens is 198 g/mol. The molecule has 2 nitrogen and oxygen atoms in total. The van der Waals surface area contributed by atoms with Crippen molar-refractivity contribution in [2.24, 2.45) is 0 Å². The lowest BCUT2D eigenvalue weighted by atomic mass is 10.0. The lowest BCUT2D eigenvalue weighted by Crippen LogP contribution is -2.11. The molecule has 1 aromatic carbocycles. The molecule has 1 aromatic heterocycles. The van der Waals surface area contributed by atoms with Crippen molar-refractivity contribution in [1.82, 2.24) is 5.32 Å².